The maximum atomic E-state index is 6.05. The molecule has 0 saturated carbocycles. The van der Waals surface area contributed by atoms with Crippen LogP contribution in [-0.4, -0.2) is 27.8 Å². The van der Waals surface area contributed by atoms with Crippen LogP contribution in [0.25, 0.3) is 6.08 Å². The van der Waals surface area contributed by atoms with Gasteiger partial charge in [-0.2, -0.15) is 0 Å². The summed E-state index contributed by atoms with van der Waals surface area (Å²) < 4.78 is 11.1. The number of nitrogens with zero attached hydrogens (tertiary/aromatic N) is 2. The van der Waals surface area contributed by atoms with Crippen molar-refractivity contribution in [3.05, 3.63) is 87.5 Å². The number of para-hydroxylation sites is 1. The second kappa shape index (κ2) is 11.1. The van der Waals surface area contributed by atoms with Gasteiger partial charge >= 0.3 is 225 Å². The summed E-state index contributed by atoms with van der Waals surface area (Å²) >= 11 is -0.303. The number of rotatable bonds is 5. The minimum atomic E-state index is -0.303. The quantitative estimate of drug-likeness (QED) is 0.311. The Bertz CT molecular complexity index is 1280. The van der Waals surface area contributed by atoms with Gasteiger partial charge in [-0.3, -0.25) is 0 Å². The van der Waals surface area contributed by atoms with Gasteiger partial charge in [-0.15, -0.1) is 0 Å². The number of hydrogen-bond donors (Lipinski definition) is 0. The monoisotopic (exact) mass is 568 g/mol. The molecule has 36 heavy (non-hydrogen) atoms. The van der Waals surface area contributed by atoms with Crippen molar-refractivity contribution in [3.8, 4) is 5.75 Å². The fourth-order valence-corrected chi connectivity index (χ4v) is 7.17. The van der Waals surface area contributed by atoms with Crippen LogP contribution >= 0.6 is 0 Å². The molecule has 3 aromatic rings. The van der Waals surface area contributed by atoms with Crippen LogP contribution in [0, 0.1) is 41.5 Å². The van der Waals surface area contributed by atoms with Gasteiger partial charge in [0.25, 0.3) is 0 Å². The third kappa shape index (κ3) is 5.61. The molecule has 0 N–H and O–H groups in total. The first-order valence-corrected chi connectivity index (χ1v) is 14.4. The van der Waals surface area contributed by atoms with Gasteiger partial charge in [0.15, 0.2) is 0 Å². The van der Waals surface area contributed by atoms with E-state index in [4.69, 9.17) is 4.74 Å². The second-order valence-corrected chi connectivity index (χ2v) is 11.8. The van der Waals surface area contributed by atoms with Crippen LogP contribution < -0.4 is 14.5 Å². The molecule has 1 heterocycles. The molecular formula is C32H38N2ORu. The van der Waals surface area contributed by atoms with Crippen molar-refractivity contribution in [3.63, 3.8) is 0 Å². The molecule has 0 aromatic heterocycles. The van der Waals surface area contributed by atoms with E-state index >= 15 is 0 Å². The molecule has 0 amide bonds. The first-order valence-electron chi connectivity index (χ1n) is 12.7. The Balaban J connectivity index is 1.89. The summed E-state index contributed by atoms with van der Waals surface area (Å²) in [4.78, 5) is 5.11. The van der Waals surface area contributed by atoms with E-state index in [1.807, 2.05) is 12.1 Å². The number of aryl methyl sites for hydroxylation is 6. The van der Waals surface area contributed by atoms with Crippen LogP contribution in [0.2, 0.25) is 0 Å². The van der Waals surface area contributed by atoms with E-state index in [0.717, 1.165) is 24.4 Å². The molecule has 0 unspecified atom stereocenters. The van der Waals surface area contributed by atoms with Gasteiger partial charge in [0.2, 0.25) is 0 Å². The Labute approximate surface area is 224 Å². The van der Waals surface area contributed by atoms with E-state index < -0.39 is 0 Å². The predicted molar refractivity (Wildman–Crippen MR) is 153 cm³/mol. The molecule has 3 aromatic carbocycles. The fraction of sp³-hybridized carbons (Fsp3) is 0.344. The number of anilines is 2. The molecule has 1 fully saturated rings. The van der Waals surface area contributed by atoms with Crippen molar-refractivity contribution >= 4 is 26.1 Å². The Morgan fingerprint density at radius 2 is 1.25 bits per heavy atom. The second-order valence-electron chi connectivity index (χ2n) is 10.1. The Hall–Kier alpha value is -2.80. The number of ether oxygens (including phenoxy) is 1. The van der Waals surface area contributed by atoms with Crippen LogP contribution in [0.3, 0.4) is 0 Å². The Morgan fingerprint density at radius 1 is 0.778 bits per heavy atom. The first-order chi connectivity index (χ1) is 17.2. The Morgan fingerprint density at radius 3 is 1.72 bits per heavy atom. The van der Waals surface area contributed by atoms with E-state index in [1.165, 1.54) is 49.1 Å². The van der Waals surface area contributed by atoms with Crippen LogP contribution in [0.15, 0.2) is 48.5 Å². The average Bonchev–Trinajstić information content (AvgIpc) is 3.16. The average molecular weight is 568 g/mol. The molecule has 0 bridgehead atoms. The van der Waals surface area contributed by atoms with Crippen molar-refractivity contribution < 1.29 is 21.0 Å². The summed E-state index contributed by atoms with van der Waals surface area (Å²) in [6, 6.07) is 17.5. The molecule has 0 atom stereocenters. The first kappa shape index (κ1) is 26.3. The maximum absolute atomic E-state index is 6.05. The van der Waals surface area contributed by atoms with Crippen LogP contribution in [-0.2, 0) is 16.2 Å². The predicted octanol–water partition coefficient (Wildman–Crippen LogP) is 6.94. The van der Waals surface area contributed by atoms with Crippen LogP contribution in [0.1, 0.15) is 52.8 Å². The topological polar surface area (TPSA) is 15.7 Å². The summed E-state index contributed by atoms with van der Waals surface area (Å²) in [5.41, 5.74) is 11.8. The van der Waals surface area contributed by atoms with Gasteiger partial charge in [0.1, 0.15) is 0 Å². The summed E-state index contributed by atoms with van der Waals surface area (Å²) in [6.07, 6.45) is 2.27. The van der Waals surface area contributed by atoms with E-state index in [2.05, 4.69) is 112 Å². The standard InChI is InChI=1S/C21H26N2.C11H12O.Ru/c1-14-9-16(3)20(17(4)10-14)22-7-8-23(13-22)21-18(5)11-15(2)12-19(21)6;1-4-10-7-5-6-8-11(10)12-9(2)3;/h9-12H,7-8H2,1-6H3;4-9H,2-3H3;. The van der Waals surface area contributed by atoms with Gasteiger partial charge in [-0.1, -0.05) is 0 Å². The molecule has 190 valence electrons. The van der Waals surface area contributed by atoms with Gasteiger partial charge in [0, 0.05) is 0 Å². The number of hydrogen-bond acceptors (Lipinski definition) is 3. The van der Waals surface area contributed by atoms with Crippen molar-refractivity contribution in [2.75, 3.05) is 22.9 Å². The fourth-order valence-electron chi connectivity index (χ4n) is 5.31. The number of benzene rings is 3. The molecule has 1 aliphatic rings. The molecule has 0 aliphatic carbocycles. The van der Waals surface area contributed by atoms with E-state index in [-0.39, 0.29) is 22.3 Å². The molecule has 4 heteroatoms. The summed E-state index contributed by atoms with van der Waals surface area (Å²) in [6.45, 7) is 19.4. The zero-order valence-electron chi connectivity index (χ0n) is 22.8. The summed E-state index contributed by atoms with van der Waals surface area (Å²) in [5, 5.41) is 0. The van der Waals surface area contributed by atoms with Crippen LogP contribution in [0.5, 0.6) is 5.75 Å². The molecule has 4 rings (SSSR count). The van der Waals surface area contributed by atoms with E-state index in [1.54, 1.807) is 0 Å². The minimum absolute atomic E-state index is 0.141. The molecule has 1 saturated heterocycles. The molecular weight excluding hydrogens is 529 g/mol. The van der Waals surface area contributed by atoms with Crippen molar-refractivity contribution in [2.45, 2.75) is 61.5 Å². The molecule has 3 nitrogen and oxygen atoms in total. The zero-order valence-corrected chi connectivity index (χ0v) is 24.6. The normalized spacial score (nSPS) is 13.4. The van der Waals surface area contributed by atoms with Gasteiger partial charge in [-0.05, 0) is 0 Å². The Kier molecular flexibility index (Phi) is 8.08. The van der Waals surface area contributed by atoms with Crippen molar-refractivity contribution in [1.29, 1.82) is 0 Å². The van der Waals surface area contributed by atoms with Gasteiger partial charge < -0.3 is 0 Å². The van der Waals surface area contributed by atoms with E-state index in [0.29, 0.717) is 0 Å². The molecule has 0 spiro atoms. The molecule has 0 radical (unpaired) electrons. The summed E-state index contributed by atoms with van der Waals surface area (Å²) in [5.74, 6) is 0.918. The molecule has 1 aliphatic heterocycles. The van der Waals surface area contributed by atoms with Crippen molar-refractivity contribution in [1.82, 2.24) is 0 Å². The third-order valence-electron chi connectivity index (χ3n) is 6.41. The zero-order chi connectivity index (χ0) is 26.0. The van der Waals surface area contributed by atoms with Gasteiger partial charge in [0.05, 0.1) is 0 Å². The third-order valence-corrected chi connectivity index (χ3v) is 8.24. The van der Waals surface area contributed by atoms with Crippen LogP contribution in [0.4, 0.5) is 11.4 Å². The summed E-state index contributed by atoms with van der Waals surface area (Å²) in [7, 11) is 0. The van der Waals surface area contributed by atoms with Crippen molar-refractivity contribution in [2.24, 2.45) is 0 Å². The SMILES string of the molecule is Cc1cc(C)c(N2CCN(c3c(C)cc(C)cc3C)[C]2=[Ru]=[C]=Cc2ccccc2OC(C)C)c(C)c1. The van der Waals surface area contributed by atoms with E-state index in [9.17, 15) is 0 Å². The van der Waals surface area contributed by atoms with Gasteiger partial charge in [-0.25, -0.2) is 0 Å².